The van der Waals surface area contributed by atoms with Crippen LogP contribution in [0.4, 0.5) is 0 Å². The van der Waals surface area contributed by atoms with Crippen molar-refractivity contribution in [3.8, 4) is 23.0 Å². The average Bonchev–Trinajstić information content (AvgIpc) is 3.39. The molecule has 1 aliphatic heterocycles. The third-order valence-electron chi connectivity index (χ3n) is 5.47. The van der Waals surface area contributed by atoms with E-state index in [-0.39, 0.29) is 36.1 Å². The van der Waals surface area contributed by atoms with E-state index in [1.165, 1.54) is 43.3 Å². The molecule has 14 nitrogen and oxygen atoms in total. The number of benzene rings is 2. The number of para-hydroxylation sites is 2. The van der Waals surface area contributed by atoms with Crippen LogP contribution in [0.1, 0.15) is 29.3 Å². The fourth-order valence-electron chi connectivity index (χ4n) is 3.43. The van der Waals surface area contributed by atoms with Crippen molar-refractivity contribution in [2.75, 3.05) is 26.3 Å². The van der Waals surface area contributed by atoms with E-state index in [4.69, 9.17) is 9.47 Å². The van der Waals surface area contributed by atoms with Crippen molar-refractivity contribution in [2.24, 2.45) is 4.99 Å². The molecule has 0 saturated heterocycles. The fourth-order valence-corrected chi connectivity index (χ4v) is 3.43. The van der Waals surface area contributed by atoms with Gasteiger partial charge < -0.3 is 45.9 Å². The number of phenolic OH excluding ortho intramolecular Hbond substituents is 4. The molecule has 0 aliphatic carbocycles. The predicted molar refractivity (Wildman–Crippen MR) is 134 cm³/mol. The van der Waals surface area contributed by atoms with Crippen LogP contribution in [0.2, 0.25) is 0 Å². The number of hydrogen-bond donors (Lipinski definition) is 7. The molecule has 1 aliphatic rings. The maximum absolute atomic E-state index is 12.9. The summed E-state index contributed by atoms with van der Waals surface area (Å²) in [6.45, 7) is 0.938. The molecule has 2 unspecified atom stereocenters. The van der Waals surface area contributed by atoms with Crippen LogP contribution in [-0.2, 0) is 23.9 Å². The summed E-state index contributed by atoms with van der Waals surface area (Å²) in [5.41, 5.74) is -0.279. The third-order valence-corrected chi connectivity index (χ3v) is 5.47. The van der Waals surface area contributed by atoms with E-state index < -0.39 is 59.5 Å². The molecule has 2 aromatic carbocycles. The number of nitrogens with zero attached hydrogens (tertiary/aromatic N) is 1. The summed E-state index contributed by atoms with van der Waals surface area (Å²) in [6, 6.07) is 5.32. The zero-order valence-corrected chi connectivity index (χ0v) is 20.8. The first-order valence-electron chi connectivity index (χ1n) is 11.8. The number of amides is 3. The van der Waals surface area contributed by atoms with Gasteiger partial charge in [0.25, 0.3) is 0 Å². The van der Waals surface area contributed by atoms with Gasteiger partial charge in [-0.2, -0.15) is 0 Å². The largest absolute Gasteiger partial charge is 0.504 e. The molecule has 2 atom stereocenters. The number of rotatable bonds is 11. The lowest BCUT2D eigenvalue weighted by Gasteiger charge is -2.19. The summed E-state index contributed by atoms with van der Waals surface area (Å²) in [6.07, 6.45) is 0.389. The van der Waals surface area contributed by atoms with Crippen molar-refractivity contribution >= 4 is 29.6 Å². The Bertz CT molecular complexity index is 1280. The van der Waals surface area contributed by atoms with Gasteiger partial charge in [0.1, 0.15) is 24.8 Å². The normalized spacial score (nSPS) is 14.9. The van der Waals surface area contributed by atoms with E-state index in [1.807, 2.05) is 0 Å². The Morgan fingerprint density at radius 3 is 2.38 bits per heavy atom. The smallest absolute Gasteiger partial charge is 0.342 e. The van der Waals surface area contributed by atoms with Crippen LogP contribution in [-0.4, -0.2) is 88.4 Å². The fraction of sp³-hybridized carbons (Fsp3) is 0.320. The zero-order chi connectivity index (χ0) is 28.5. The second kappa shape index (κ2) is 13.0. The van der Waals surface area contributed by atoms with E-state index in [9.17, 15) is 39.6 Å². The molecule has 3 amide bonds. The zero-order valence-electron chi connectivity index (χ0n) is 20.8. The van der Waals surface area contributed by atoms with Crippen molar-refractivity contribution in [1.29, 1.82) is 0 Å². The molecule has 39 heavy (non-hydrogen) atoms. The molecule has 14 heteroatoms. The number of aliphatic imine (C=N–C) groups is 1. The molecule has 2 aromatic rings. The molecule has 0 radical (unpaired) electrons. The highest BCUT2D eigenvalue weighted by Gasteiger charge is 2.32. The van der Waals surface area contributed by atoms with Gasteiger partial charge in [0.2, 0.25) is 23.6 Å². The topological polar surface area (TPSA) is 216 Å². The second-order valence-corrected chi connectivity index (χ2v) is 8.39. The lowest BCUT2D eigenvalue weighted by molar-refractivity contribution is -0.130. The van der Waals surface area contributed by atoms with Gasteiger partial charge in [-0.05, 0) is 30.7 Å². The van der Waals surface area contributed by atoms with E-state index in [1.54, 1.807) is 0 Å². The lowest BCUT2D eigenvalue weighted by atomic mass is 10.2. The first-order chi connectivity index (χ1) is 18.6. The Kier molecular flexibility index (Phi) is 9.51. The van der Waals surface area contributed by atoms with Crippen LogP contribution >= 0.6 is 0 Å². The minimum Gasteiger partial charge on any atom is -0.504 e. The molecule has 0 fully saturated rings. The number of hydrogen-bond acceptors (Lipinski definition) is 11. The Morgan fingerprint density at radius 2 is 1.67 bits per heavy atom. The van der Waals surface area contributed by atoms with Gasteiger partial charge in [0.15, 0.2) is 29.0 Å². The highest BCUT2D eigenvalue weighted by atomic mass is 16.5. The van der Waals surface area contributed by atoms with Crippen LogP contribution in [0, 0.1) is 0 Å². The Morgan fingerprint density at radius 1 is 1.00 bits per heavy atom. The lowest BCUT2D eigenvalue weighted by Crippen LogP contribution is -2.52. The minimum absolute atomic E-state index is 0.0682. The maximum Gasteiger partial charge on any atom is 0.342 e. The Balaban J connectivity index is 1.68. The number of carbonyl (C=O) groups excluding carboxylic acids is 4. The van der Waals surface area contributed by atoms with Crippen molar-refractivity contribution in [3.63, 3.8) is 0 Å². The van der Waals surface area contributed by atoms with Gasteiger partial charge in [-0.3, -0.25) is 14.4 Å². The van der Waals surface area contributed by atoms with Gasteiger partial charge in [0.05, 0.1) is 5.56 Å². The third kappa shape index (κ3) is 7.50. The summed E-state index contributed by atoms with van der Waals surface area (Å²) in [7, 11) is 0. The van der Waals surface area contributed by atoms with E-state index >= 15 is 0 Å². The number of aromatic hydroxyl groups is 4. The molecule has 0 saturated carbocycles. The van der Waals surface area contributed by atoms with Crippen molar-refractivity contribution in [2.45, 2.75) is 25.4 Å². The number of carbonyl (C=O) groups is 4. The van der Waals surface area contributed by atoms with Crippen LogP contribution in [0.25, 0.3) is 0 Å². The number of phenols is 4. The second-order valence-electron chi connectivity index (χ2n) is 8.39. The van der Waals surface area contributed by atoms with Gasteiger partial charge in [-0.1, -0.05) is 12.1 Å². The summed E-state index contributed by atoms with van der Waals surface area (Å²) in [5, 5.41) is 46.8. The molecule has 0 spiro atoms. The molecule has 208 valence electrons. The summed E-state index contributed by atoms with van der Waals surface area (Å²) in [5.74, 6) is -4.95. The Labute approximate surface area is 222 Å². The maximum atomic E-state index is 12.9. The van der Waals surface area contributed by atoms with Crippen LogP contribution < -0.4 is 16.0 Å². The molecule has 0 bridgehead atoms. The van der Waals surface area contributed by atoms with Crippen LogP contribution in [0.5, 0.6) is 23.0 Å². The molecule has 0 aromatic heterocycles. The van der Waals surface area contributed by atoms with E-state index in [2.05, 4.69) is 20.9 Å². The quantitative estimate of drug-likeness (QED) is 0.111. The number of ether oxygens (including phenoxy) is 2. The van der Waals surface area contributed by atoms with Gasteiger partial charge >= 0.3 is 5.97 Å². The van der Waals surface area contributed by atoms with Gasteiger partial charge in [-0.25, -0.2) is 9.79 Å². The summed E-state index contributed by atoms with van der Waals surface area (Å²) < 4.78 is 10.5. The molecular formula is C25H28N4O10. The predicted octanol–water partition coefficient (Wildman–Crippen LogP) is -0.361. The molecule has 3 rings (SSSR count). The molecular weight excluding hydrogens is 516 g/mol. The van der Waals surface area contributed by atoms with Crippen molar-refractivity contribution in [1.82, 2.24) is 16.0 Å². The van der Waals surface area contributed by atoms with Crippen molar-refractivity contribution < 1.29 is 49.1 Å². The van der Waals surface area contributed by atoms with Crippen LogP contribution in [0.15, 0.2) is 41.4 Å². The number of nitrogens with one attached hydrogen (secondary N) is 3. The summed E-state index contributed by atoms with van der Waals surface area (Å²) in [4.78, 5) is 53.2. The van der Waals surface area contributed by atoms with Crippen LogP contribution in [0.3, 0.4) is 0 Å². The average molecular weight is 545 g/mol. The molecule has 7 N–H and O–H groups in total. The standard InChI is InChI=1S/C25H28N4O10/c1-13(30)26-9-4-10-27-22(35)16(12-39-25(37)15-6-3-8-19(32)21(15)34)28-23(36)17-11-38-24(29-17)14-5-2-7-18(31)20(14)33/h2-3,5-8,16-17,31-34H,4,9-12H2,1H3,(H,26,30)(H,27,35)(H,28,36). The SMILES string of the molecule is CC(=O)NCCCNC(=O)C(COC(=O)c1cccc(O)c1O)NC(=O)C1COC(c2cccc(O)c2O)=N1. The summed E-state index contributed by atoms with van der Waals surface area (Å²) >= 11 is 0. The first kappa shape index (κ1) is 28.6. The molecule has 1 heterocycles. The van der Waals surface area contributed by atoms with Gasteiger partial charge in [-0.15, -0.1) is 0 Å². The highest BCUT2D eigenvalue weighted by Crippen LogP contribution is 2.30. The minimum atomic E-state index is -1.38. The highest BCUT2D eigenvalue weighted by molar-refractivity contribution is 6.01. The first-order valence-corrected chi connectivity index (χ1v) is 11.8. The van der Waals surface area contributed by atoms with Gasteiger partial charge in [0, 0.05) is 20.0 Å². The van der Waals surface area contributed by atoms with Crippen molar-refractivity contribution in [3.05, 3.63) is 47.5 Å². The van der Waals surface area contributed by atoms with E-state index in [0.717, 1.165) is 0 Å². The monoisotopic (exact) mass is 544 g/mol. The van der Waals surface area contributed by atoms with E-state index in [0.29, 0.717) is 13.0 Å². The number of esters is 1. The Hall–Kier alpha value is -5.01.